The minimum Gasteiger partial charge on any atom is -0.456 e. The van der Waals surface area contributed by atoms with Crippen molar-refractivity contribution in [3.8, 4) is 16.8 Å². The molecule has 2 aromatic heterocycles. The van der Waals surface area contributed by atoms with E-state index >= 15 is 0 Å². The minimum atomic E-state index is 0.928. The van der Waals surface area contributed by atoms with Crippen LogP contribution < -0.4 is 0 Å². The lowest BCUT2D eigenvalue weighted by Crippen LogP contribution is -1.90. The van der Waals surface area contributed by atoms with E-state index in [0.717, 1.165) is 21.9 Å². The van der Waals surface area contributed by atoms with E-state index in [1.54, 1.807) is 0 Å². The van der Waals surface area contributed by atoms with Crippen LogP contribution in [0.25, 0.3) is 49.7 Å². The number of para-hydroxylation sites is 3. The van der Waals surface area contributed by atoms with Gasteiger partial charge in [-0.1, -0.05) is 60.7 Å². The topological polar surface area (TPSA) is 18.1 Å². The smallest absolute Gasteiger partial charge is 0.135 e. The molecular weight excluding hydrogens is 342 g/mol. The SMILES string of the molecule is c1ccc(-n2cc(-c3ccc4oc5ccccc5c4c3)c3ccccc32)cc1. The predicted octanol–water partition coefficient (Wildman–Crippen LogP) is 7.20. The zero-order chi connectivity index (χ0) is 18.5. The lowest BCUT2D eigenvalue weighted by atomic mass is 10.0. The molecule has 6 rings (SSSR count). The van der Waals surface area contributed by atoms with Crippen LogP contribution in [0.15, 0.2) is 108 Å². The molecule has 0 N–H and O–H groups in total. The van der Waals surface area contributed by atoms with Gasteiger partial charge in [0.2, 0.25) is 0 Å². The summed E-state index contributed by atoms with van der Waals surface area (Å²) >= 11 is 0. The summed E-state index contributed by atoms with van der Waals surface area (Å²) in [5.41, 5.74) is 6.66. The number of hydrogen-bond acceptors (Lipinski definition) is 1. The standard InChI is InChI=1S/C26H17NO/c1-2-8-19(9-3-1)27-17-23(20-10-4-6-12-24(20)27)18-14-15-26-22(16-18)21-11-5-7-13-25(21)28-26/h1-17H. The number of furan rings is 1. The van der Waals surface area contributed by atoms with Crippen molar-refractivity contribution in [2.24, 2.45) is 0 Å². The largest absolute Gasteiger partial charge is 0.456 e. The number of rotatable bonds is 2. The van der Waals surface area contributed by atoms with Crippen molar-refractivity contribution in [2.75, 3.05) is 0 Å². The maximum absolute atomic E-state index is 6.00. The molecule has 0 spiro atoms. The average molecular weight is 359 g/mol. The van der Waals surface area contributed by atoms with Crippen LogP contribution in [0.4, 0.5) is 0 Å². The van der Waals surface area contributed by atoms with E-state index in [-0.39, 0.29) is 0 Å². The summed E-state index contributed by atoms with van der Waals surface area (Å²) in [4.78, 5) is 0. The molecule has 0 atom stereocenters. The first kappa shape index (κ1) is 15.3. The molecule has 28 heavy (non-hydrogen) atoms. The van der Waals surface area contributed by atoms with E-state index in [9.17, 15) is 0 Å². The molecule has 2 heteroatoms. The first-order valence-corrected chi connectivity index (χ1v) is 9.46. The fourth-order valence-corrected chi connectivity index (χ4v) is 4.11. The molecule has 0 fully saturated rings. The van der Waals surface area contributed by atoms with Gasteiger partial charge in [0.15, 0.2) is 0 Å². The highest BCUT2D eigenvalue weighted by atomic mass is 16.3. The molecular formula is C26H17NO. The maximum Gasteiger partial charge on any atom is 0.135 e. The van der Waals surface area contributed by atoms with Crippen LogP contribution >= 0.6 is 0 Å². The molecule has 0 radical (unpaired) electrons. The van der Waals surface area contributed by atoms with Gasteiger partial charge in [-0.15, -0.1) is 0 Å². The fourth-order valence-electron chi connectivity index (χ4n) is 4.11. The Kier molecular flexibility index (Phi) is 3.20. The molecule has 132 valence electrons. The summed E-state index contributed by atoms with van der Waals surface area (Å²) < 4.78 is 8.27. The van der Waals surface area contributed by atoms with E-state index in [1.165, 1.54) is 27.7 Å². The summed E-state index contributed by atoms with van der Waals surface area (Å²) in [6, 6.07) is 33.8. The van der Waals surface area contributed by atoms with Gasteiger partial charge in [-0.05, 0) is 42.0 Å². The number of hydrogen-bond donors (Lipinski definition) is 0. The second-order valence-corrected chi connectivity index (χ2v) is 7.07. The molecule has 0 aliphatic heterocycles. The van der Waals surface area contributed by atoms with Crippen LogP contribution in [0.2, 0.25) is 0 Å². The Balaban J connectivity index is 1.63. The Morgan fingerprint density at radius 1 is 0.571 bits per heavy atom. The van der Waals surface area contributed by atoms with Gasteiger partial charge in [0, 0.05) is 33.6 Å². The second kappa shape index (κ2) is 5.86. The van der Waals surface area contributed by atoms with Crippen LogP contribution in [-0.2, 0) is 0 Å². The van der Waals surface area contributed by atoms with Crippen molar-refractivity contribution in [2.45, 2.75) is 0 Å². The van der Waals surface area contributed by atoms with Crippen molar-refractivity contribution in [3.63, 3.8) is 0 Å². The Morgan fingerprint density at radius 2 is 1.29 bits per heavy atom. The monoisotopic (exact) mass is 359 g/mol. The van der Waals surface area contributed by atoms with Gasteiger partial charge >= 0.3 is 0 Å². The van der Waals surface area contributed by atoms with Crippen molar-refractivity contribution < 1.29 is 4.42 Å². The molecule has 0 saturated carbocycles. The third-order valence-electron chi connectivity index (χ3n) is 5.43. The highest BCUT2D eigenvalue weighted by Gasteiger charge is 2.13. The van der Waals surface area contributed by atoms with Gasteiger partial charge in [-0.2, -0.15) is 0 Å². The van der Waals surface area contributed by atoms with Gasteiger partial charge < -0.3 is 8.98 Å². The van der Waals surface area contributed by atoms with Crippen molar-refractivity contribution in [1.82, 2.24) is 4.57 Å². The van der Waals surface area contributed by atoms with Crippen molar-refractivity contribution in [3.05, 3.63) is 103 Å². The zero-order valence-electron chi connectivity index (χ0n) is 15.2. The van der Waals surface area contributed by atoms with Crippen LogP contribution in [0.5, 0.6) is 0 Å². The van der Waals surface area contributed by atoms with E-state index in [0.29, 0.717) is 0 Å². The summed E-state index contributed by atoms with van der Waals surface area (Å²) in [7, 11) is 0. The first-order valence-electron chi connectivity index (χ1n) is 9.46. The van der Waals surface area contributed by atoms with Crippen LogP contribution in [0.1, 0.15) is 0 Å². The Morgan fingerprint density at radius 3 is 2.18 bits per heavy atom. The second-order valence-electron chi connectivity index (χ2n) is 7.07. The molecule has 0 amide bonds. The Labute approximate surface area is 162 Å². The van der Waals surface area contributed by atoms with Gasteiger partial charge in [0.1, 0.15) is 11.2 Å². The third-order valence-corrected chi connectivity index (χ3v) is 5.43. The molecule has 0 aliphatic rings. The average Bonchev–Trinajstić information content (AvgIpc) is 3.33. The van der Waals surface area contributed by atoms with Gasteiger partial charge in [0.05, 0.1) is 5.52 Å². The molecule has 0 aliphatic carbocycles. The molecule has 0 bridgehead atoms. The van der Waals surface area contributed by atoms with E-state index < -0.39 is 0 Å². The summed E-state index contributed by atoms with van der Waals surface area (Å²) in [5, 5.41) is 3.56. The van der Waals surface area contributed by atoms with Crippen LogP contribution in [0.3, 0.4) is 0 Å². The Bertz CT molecular complexity index is 1450. The number of nitrogens with zero attached hydrogens (tertiary/aromatic N) is 1. The molecule has 6 aromatic rings. The minimum absolute atomic E-state index is 0.928. The molecule has 2 heterocycles. The van der Waals surface area contributed by atoms with Gasteiger partial charge in [-0.3, -0.25) is 0 Å². The number of aromatic nitrogens is 1. The molecule has 4 aromatic carbocycles. The lowest BCUT2D eigenvalue weighted by Gasteiger charge is -2.04. The summed E-state index contributed by atoms with van der Waals surface area (Å²) in [5.74, 6) is 0. The quantitative estimate of drug-likeness (QED) is 0.320. The highest BCUT2D eigenvalue weighted by molar-refractivity contribution is 6.07. The summed E-state index contributed by atoms with van der Waals surface area (Å²) in [6.45, 7) is 0. The zero-order valence-corrected chi connectivity index (χ0v) is 15.2. The van der Waals surface area contributed by atoms with E-state index in [2.05, 4.69) is 89.6 Å². The number of fused-ring (bicyclic) bond motifs is 4. The van der Waals surface area contributed by atoms with Gasteiger partial charge in [0.25, 0.3) is 0 Å². The lowest BCUT2D eigenvalue weighted by molar-refractivity contribution is 0.669. The fraction of sp³-hybridized carbons (Fsp3) is 0. The predicted molar refractivity (Wildman–Crippen MR) is 116 cm³/mol. The van der Waals surface area contributed by atoms with Gasteiger partial charge in [-0.25, -0.2) is 0 Å². The normalized spacial score (nSPS) is 11.6. The first-order chi connectivity index (χ1) is 13.9. The third kappa shape index (κ3) is 2.21. The summed E-state index contributed by atoms with van der Waals surface area (Å²) in [6.07, 6.45) is 2.24. The van der Waals surface area contributed by atoms with Crippen LogP contribution in [0, 0.1) is 0 Å². The molecule has 0 unspecified atom stereocenters. The Hall–Kier alpha value is -3.78. The number of benzene rings is 4. The van der Waals surface area contributed by atoms with Crippen molar-refractivity contribution >= 4 is 32.8 Å². The molecule has 0 saturated heterocycles. The van der Waals surface area contributed by atoms with E-state index in [1.807, 2.05) is 18.2 Å². The maximum atomic E-state index is 6.00. The van der Waals surface area contributed by atoms with Crippen LogP contribution in [-0.4, -0.2) is 4.57 Å². The van der Waals surface area contributed by atoms with E-state index in [4.69, 9.17) is 4.42 Å². The molecule has 2 nitrogen and oxygen atoms in total. The highest BCUT2D eigenvalue weighted by Crippen LogP contribution is 2.36. The van der Waals surface area contributed by atoms with Crippen molar-refractivity contribution in [1.29, 1.82) is 0 Å².